The molecule has 1 aliphatic carbocycles. The third-order valence-electron chi connectivity index (χ3n) is 4.09. The number of hydrogen-bond donors (Lipinski definition) is 1. The summed E-state index contributed by atoms with van der Waals surface area (Å²) in [6.07, 6.45) is 2.73. The van der Waals surface area contributed by atoms with Crippen LogP contribution >= 0.6 is 23.1 Å². The van der Waals surface area contributed by atoms with E-state index in [0.717, 1.165) is 28.6 Å². The molecule has 1 aliphatic rings. The Kier molecular flexibility index (Phi) is 4.74. The highest BCUT2D eigenvalue weighted by molar-refractivity contribution is 8.01. The monoisotopic (exact) mass is 314 g/mol. The van der Waals surface area contributed by atoms with E-state index in [0.29, 0.717) is 5.92 Å². The van der Waals surface area contributed by atoms with Gasteiger partial charge in [0.25, 0.3) is 0 Å². The van der Waals surface area contributed by atoms with Crippen molar-refractivity contribution in [1.29, 1.82) is 0 Å². The molecule has 1 fully saturated rings. The summed E-state index contributed by atoms with van der Waals surface area (Å²) in [5.74, 6) is -0.358. The van der Waals surface area contributed by atoms with Crippen molar-refractivity contribution in [2.75, 3.05) is 0 Å². The summed E-state index contributed by atoms with van der Waals surface area (Å²) in [5, 5.41) is 18.6. The van der Waals surface area contributed by atoms with Crippen LogP contribution in [0.2, 0.25) is 0 Å². The second-order valence-electron chi connectivity index (χ2n) is 6.56. The van der Waals surface area contributed by atoms with Gasteiger partial charge < -0.3 is 5.11 Å². The van der Waals surface area contributed by atoms with E-state index in [1.54, 1.807) is 23.1 Å². The van der Waals surface area contributed by atoms with Crippen LogP contribution in [-0.2, 0) is 4.79 Å². The third kappa shape index (κ3) is 3.73. The lowest BCUT2D eigenvalue weighted by Gasteiger charge is -2.39. The van der Waals surface area contributed by atoms with E-state index in [4.69, 9.17) is 0 Å². The van der Waals surface area contributed by atoms with Crippen LogP contribution in [0.3, 0.4) is 0 Å². The molecule has 2 rings (SSSR count). The fraction of sp³-hybridized carbons (Fsp3) is 0.786. The maximum Gasteiger partial charge on any atom is 0.307 e. The number of carboxylic acid groups (broad SMARTS) is 1. The van der Waals surface area contributed by atoms with Gasteiger partial charge in [-0.3, -0.25) is 4.79 Å². The number of aromatic nitrogens is 2. The van der Waals surface area contributed by atoms with Crippen LogP contribution in [0, 0.1) is 24.2 Å². The van der Waals surface area contributed by atoms with Gasteiger partial charge in [-0.1, -0.05) is 43.9 Å². The molecule has 1 aromatic heterocycles. The molecule has 1 N–H and O–H groups in total. The molecule has 0 aliphatic heterocycles. The first-order valence-electron chi connectivity index (χ1n) is 6.97. The molecule has 20 heavy (non-hydrogen) atoms. The number of aryl methyl sites for hydroxylation is 1. The standard InChI is InChI=1S/C14H22N2O2S2/c1-8-15-16-13(19-8)20-11-7-9(14(2,3)4)5-6-10(11)12(17)18/h9-11H,5-7H2,1-4H3,(H,17,18). The van der Waals surface area contributed by atoms with Crippen LogP contribution in [0.15, 0.2) is 4.34 Å². The molecule has 0 amide bonds. The maximum absolute atomic E-state index is 11.5. The molecular formula is C14H22N2O2S2. The van der Waals surface area contributed by atoms with Gasteiger partial charge in [0.2, 0.25) is 0 Å². The Morgan fingerprint density at radius 1 is 1.35 bits per heavy atom. The van der Waals surface area contributed by atoms with Crippen LogP contribution in [0.4, 0.5) is 0 Å². The average molecular weight is 314 g/mol. The van der Waals surface area contributed by atoms with Gasteiger partial charge in [0.1, 0.15) is 5.01 Å². The third-order valence-corrected chi connectivity index (χ3v) is 6.37. The highest BCUT2D eigenvalue weighted by Gasteiger charge is 2.39. The van der Waals surface area contributed by atoms with E-state index < -0.39 is 5.97 Å². The zero-order valence-electron chi connectivity index (χ0n) is 12.4. The molecule has 0 saturated heterocycles. The number of nitrogens with zero attached hydrogens (tertiary/aromatic N) is 2. The maximum atomic E-state index is 11.5. The zero-order chi connectivity index (χ0) is 14.9. The van der Waals surface area contributed by atoms with Crippen LogP contribution in [0.1, 0.15) is 45.0 Å². The van der Waals surface area contributed by atoms with Gasteiger partial charge in [-0.25, -0.2) is 0 Å². The van der Waals surface area contributed by atoms with E-state index in [1.165, 1.54) is 0 Å². The second-order valence-corrected chi connectivity index (χ2v) is 9.23. The molecule has 4 nitrogen and oxygen atoms in total. The molecule has 0 spiro atoms. The minimum atomic E-state index is -0.670. The molecule has 0 aromatic carbocycles. The fourth-order valence-electron chi connectivity index (χ4n) is 2.78. The Morgan fingerprint density at radius 3 is 2.55 bits per heavy atom. The second kappa shape index (κ2) is 6.02. The quantitative estimate of drug-likeness (QED) is 0.918. The predicted molar refractivity (Wildman–Crippen MR) is 82.2 cm³/mol. The molecule has 6 heteroatoms. The minimum absolute atomic E-state index is 0.109. The van der Waals surface area contributed by atoms with Gasteiger partial charge in [-0.2, -0.15) is 0 Å². The Bertz CT molecular complexity index is 482. The van der Waals surface area contributed by atoms with Crippen LogP contribution in [0.5, 0.6) is 0 Å². The number of thioether (sulfide) groups is 1. The summed E-state index contributed by atoms with van der Waals surface area (Å²) in [4.78, 5) is 11.5. The average Bonchev–Trinajstić information content (AvgIpc) is 2.73. The van der Waals surface area contributed by atoms with E-state index >= 15 is 0 Å². The molecule has 0 radical (unpaired) electrons. The van der Waals surface area contributed by atoms with Crippen molar-refractivity contribution in [3.63, 3.8) is 0 Å². The zero-order valence-corrected chi connectivity index (χ0v) is 14.1. The number of hydrogen-bond acceptors (Lipinski definition) is 5. The van der Waals surface area contributed by atoms with E-state index in [-0.39, 0.29) is 16.6 Å². The summed E-state index contributed by atoms with van der Waals surface area (Å²) in [5.41, 5.74) is 0.235. The van der Waals surface area contributed by atoms with Crippen molar-refractivity contribution >= 4 is 29.1 Å². The lowest BCUT2D eigenvalue weighted by Crippen LogP contribution is -2.37. The van der Waals surface area contributed by atoms with Gasteiger partial charge in [0, 0.05) is 5.25 Å². The summed E-state index contributed by atoms with van der Waals surface area (Å²) < 4.78 is 0.897. The smallest absolute Gasteiger partial charge is 0.307 e. The Hall–Kier alpha value is -0.620. The highest BCUT2D eigenvalue weighted by Crippen LogP contribution is 2.46. The van der Waals surface area contributed by atoms with Crippen LogP contribution < -0.4 is 0 Å². The molecule has 1 heterocycles. The van der Waals surface area contributed by atoms with Crippen LogP contribution in [-0.4, -0.2) is 26.5 Å². The topological polar surface area (TPSA) is 63.1 Å². The van der Waals surface area contributed by atoms with Gasteiger partial charge in [-0.05, 0) is 37.5 Å². The van der Waals surface area contributed by atoms with E-state index in [9.17, 15) is 9.90 Å². The van der Waals surface area contributed by atoms with Crippen molar-refractivity contribution in [2.24, 2.45) is 17.3 Å². The predicted octanol–water partition coefficient (Wildman–Crippen LogP) is 3.85. The molecule has 3 unspecified atom stereocenters. The first kappa shape index (κ1) is 15.8. The van der Waals surface area contributed by atoms with Crippen molar-refractivity contribution in [3.05, 3.63) is 5.01 Å². The van der Waals surface area contributed by atoms with Crippen LogP contribution in [0.25, 0.3) is 0 Å². The fourth-order valence-corrected chi connectivity index (χ4v) is 5.22. The first-order chi connectivity index (χ1) is 9.27. The Balaban J connectivity index is 2.12. The van der Waals surface area contributed by atoms with Gasteiger partial charge in [-0.15, -0.1) is 10.2 Å². The van der Waals surface area contributed by atoms with E-state index in [1.807, 2.05) is 6.92 Å². The number of carboxylic acids is 1. The molecule has 1 saturated carbocycles. The van der Waals surface area contributed by atoms with Gasteiger partial charge in [0.15, 0.2) is 4.34 Å². The molecule has 1 aromatic rings. The summed E-state index contributed by atoms with van der Waals surface area (Å²) in [6.45, 7) is 8.66. The lowest BCUT2D eigenvalue weighted by molar-refractivity contribution is -0.143. The molecular weight excluding hydrogens is 292 g/mol. The van der Waals surface area contributed by atoms with Crippen molar-refractivity contribution in [1.82, 2.24) is 10.2 Å². The largest absolute Gasteiger partial charge is 0.481 e. The van der Waals surface area contributed by atoms with Gasteiger partial charge >= 0.3 is 5.97 Å². The number of aliphatic carboxylic acids is 1. The lowest BCUT2D eigenvalue weighted by atomic mass is 9.69. The summed E-state index contributed by atoms with van der Waals surface area (Å²) in [6, 6.07) is 0. The SMILES string of the molecule is Cc1nnc(SC2CC(C(C)(C)C)CCC2C(=O)O)s1. The summed E-state index contributed by atoms with van der Waals surface area (Å²) in [7, 11) is 0. The Morgan fingerprint density at radius 2 is 2.05 bits per heavy atom. The molecule has 112 valence electrons. The van der Waals surface area contributed by atoms with Crippen molar-refractivity contribution in [3.8, 4) is 0 Å². The first-order valence-corrected chi connectivity index (χ1v) is 8.66. The molecule has 3 atom stereocenters. The van der Waals surface area contributed by atoms with E-state index in [2.05, 4.69) is 31.0 Å². The molecule has 0 bridgehead atoms. The van der Waals surface area contributed by atoms with Crippen molar-refractivity contribution in [2.45, 2.75) is 56.5 Å². The number of rotatable bonds is 3. The highest BCUT2D eigenvalue weighted by atomic mass is 32.2. The minimum Gasteiger partial charge on any atom is -0.481 e. The number of carbonyl (C=O) groups is 1. The normalized spacial score (nSPS) is 27.5. The summed E-state index contributed by atoms with van der Waals surface area (Å²) >= 11 is 3.16. The van der Waals surface area contributed by atoms with Gasteiger partial charge in [0.05, 0.1) is 5.92 Å². The Labute approximate surface area is 128 Å². The van der Waals surface area contributed by atoms with Crippen molar-refractivity contribution < 1.29 is 9.90 Å².